The molecular formula is C10H16O2. The molecule has 0 heterocycles. The van der Waals surface area contributed by atoms with Gasteiger partial charge in [-0.15, -0.1) is 0 Å². The first kappa shape index (κ1) is 9.30. The first-order valence-corrected chi connectivity index (χ1v) is 4.58. The lowest BCUT2D eigenvalue weighted by molar-refractivity contribution is -0.116. The van der Waals surface area contributed by atoms with Crippen molar-refractivity contribution in [3.8, 4) is 0 Å². The van der Waals surface area contributed by atoms with Crippen LogP contribution in [0.15, 0.2) is 11.3 Å². The second-order valence-electron chi connectivity index (χ2n) is 3.65. The van der Waals surface area contributed by atoms with Crippen molar-refractivity contribution in [2.75, 3.05) is 0 Å². The van der Waals surface area contributed by atoms with Crippen molar-refractivity contribution >= 4 is 5.78 Å². The second-order valence-corrected chi connectivity index (χ2v) is 3.65. The van der Waals surface area contributed by atoms with Gasteiger partial charge in [0.15, 0.2) is 5.78 Å². The van der Waals surface area contributed by atoms with Gasteiger partial charge in [-0.05, 0) is 19.3 Å². The number of Topliss-reactive ketones (excluding diaryl/α,β-unsaturated/α-hetero) is 1. The third-order valence-electron chi connectivity index (χ3n) is 2.27. The first-order valence-electron chi connectivity index (χ1n) is 4.58. The SMILES string of the molecule is CC(C)C(O)=C1CCCCC1=O. The first-order chi connectivity index (χ1) is 5.63. The smallest absolute Gasteiger partial charge is 0.162 e. The van der Waals surface area contributed by atoms with Gasteiger partial charge in [-0.25, -0.2) is 0 Å². The van der Waals surface area contributed by atoms with Crippen molar-refractivity contribution in [2.45, 2.75) is 39.5 Å². The van der Waals surface area contributed by atoms with Gasteiger partial charge in [0.25, 0.3) is 0 Å². The third kappa shape index (κ3) is 1.87. The van der Waals surface area contributed by atoms with Crippen LogP contribution >= 0.6 is 0 Å². The van der Waals surface area contributed by atoms with E-state index in [0.717, 1.165) is 19.3 Å². The van der Waals surface area contributed by atoms with Crippen LogP contribution in [0.2, 0.25) is 0 Å². The molecule has 1 saturated carbocycles. The van der Waals surface area contributed by atoms with Gasteiger partial charge in [-0.1, -0.05) is 13.8 Å². The van der Waals surface area contributed by atoms with Crippen LogP contribution in [0.4, 0.5) is 0 Å². The summed E-state index contributed by atoms with van der Waals surface area (Å²) in [6, 6.07) is 0. The summed E-state index contributed by atoms with van der Waals surface area (Å²) >= 11 is 0. The number of aliphatic hydroxyl groups excluding tert-OH is 1. The number of hydrogen-bond donors (Lipinski definition) is 1. The van der Waals surface area contributed by atoms with Crippen LogP contribution in [-0.2, 0) is 4.79 Å². The Morgan fingerprint density at radius 3 is 2.42 bits per heavy atom. The predicted octanol–water partition coefficient (Wildman–Crippen LogP) is 2.60. The van der Waals surface area contributed by atoms with Crippen molar-refractivity contribution in [1.29, 1.82) is 0 Å². The van der Waals surface area contributed by atoms with E-state index in [0.29, 0.717) is 17.8 Å². The van der Waals surface area contributed by atoms with Crippen molar-refractivity contribution < 1.29 is 9.90 Å². The Bertz CT molecular complexity index is 214. The summed E-state index contributed by atoms with van der Waals surface area (Å²) in [5, 5.41) is 9.58. The Kier molecular flexibility index (Phi) is 2.90. The third-order valence-corrected chi connectivity index (χ3v) is 2.27. The van der Waals surface area contributed by atoms with Gasteiger partial charge in [0.1, 0.15) is 5.76 Å². The van der Waals surface area contributed by atoms with Crippen molar-refractivity contribution in [3.63, 3.8) is 0 Å². The summed E-state index contributed by atoms with van der Waals surface area (Å²) in [6.07, 6.45) is 3.40. The molecule has 1 aliphatic carbocycles. The number of aliphatic hydroxyl groups is 1. The average Bonchev–Trinajstić information content (AvgIpc) is 2.04. The zero-order chi connectivity index (χ0) is 9.14. The summed E-state index contributed by atoms with van der Waals surface area (Å²) in [5.74, 6) is 0.536. The highest BCUT2D eigenvalue weighted by atomic mass is 16.3. The number of hydrogen-bond acceptors (Lipinski definition) is 2. The largest absolute Gasteiger partial charge is 0.512 e. The fourth-order valence-electron chi connectivity index (χ4n) is 1.50. The monoisotopic (exact) mass is 168 g/mol. The fourth-order valence-corrected chi connectivity index (χ4v) is 1.50. The minimum Gasteiger partial charge on any atom is -0.512 e. The summed E-state index contributed by atoms with van der Waals surface area (Å²) < 4.78 is 0. The molecule has 0 spiro atoms. The standard InChI is InChI=1S/C10H16O2/c1-7(2)10(12)8-5-3-4-6-9(8)11/h7,12H,3-6H2,1-2H3. The second kappa shape index (κ2) is 3.74. The van der Waals surface area contributed by atoms with E-state index in [1.165, 1.54) is 0 Å². The Labute approximate surface area is 73.3 Å². The molecule has 68 valence electrons. The fraction of sp³-hybridized carbons (Fsp3) is 0.700. The number of rotatable bonds is 1. The van der Waals surface area contributed by atoms with Gasteiger partial charge in [-0.3, -0.25) is 4.79 Å². The van der Waals surface area contributed by atoms with E-state index in [1.807, 2.05) is 13.8 Å². The molecule has 0 aromatic heterocycles. The van der Waals surface area contributed by atoms with Gasteiger partial charge >= 0.3 is 0 Å². The predicted molar refractivity (Wildman–Crippen MR) is 48.0 cm³/mol. The van der Waals surface area contributed by atoms with Crippen LogP contribution in [0.3, 0.4) is 0 Å². The molecule has 1 N–H and O–H groups in total. The lowest BCUT2D eigenvalue weighted by Gasteiger charge is -2.16. The van der Waals surface area contributed by atoms with E-state index in [2.05, 4.69) is 0 Å². The topological polar surface area (TPSA) is 37.3 Å². The average molecular weight is 168 g/mol. The van der Waals surface area contributed by atoms with E-state index in [1.54, 1.807) is 0 Å². The Morgan fingerprint density at radius 1 is 1.33 bits per heavy atom. The highest BCUT2D eigenvalue weighted by Gasteiger charge is 2.20. The normalized spacial score (nSPS) is 23.1. The van der Waals surface area contributed by atoms with E-state index < -0.39 is 0 Å². The van der Waals surface area contributed by atoms with Gasteiger partial charge in [0, 0.05) is 17.9 Å². The Balaban J connectivity index is 2.83. The molecule has 2 nitrogen and oxygen atoms in total. The van der Waals surface area contributed by atoms with Crippen molar-refractivity contribution in [1.82, 2.24) is 0 Å². The molecule has 0 aromatic rings. The minimum absolute atomic E-state index is 0.0852. The summed E-state index contributed by atoms with van der Waals surface area (Å²) in [4.78, 5) is 11.3. The van der Waals surface area contributed by atoms with Crippen LogP contribution in [0.1, 0.15) is 39.5 Å². The summed E-state index contributed by atoms with van der Waals surface area (Å²) in [7, 11) is 0. The number of allylic oxidation sites excluding steroid dienone is 2. The van der Waals surface area contributed by atoms with Gasteiger partial charge in [0.05, 0.1) is 0 Å². The molecule has 2 heteroatoms. The summed E-state index contributed by atoms with van der Waals surface area (Å²) in [6.45, 7) is 3.81. The van der Waals surface area contributed by atoms with Gasteiger partial charge < -0.3 is 5.11 Å². The molecule has 0 saturated heterocycles. The van der Waals surface area contributed by atoms with Crippen LogP contribution in [0, 0.1) is 5.92 Å². The molecule has 1 fully saturated rings. The number of carbonyl (C=O) groups is 1. The van der Waals surface area contributed by atoms with Gasteiger partial charge in [0.2, 0.25) is 0 Å². The Morgan fingerprint density at radius 2 is 1.92 bits per heavy atom. The van der Waals surface area contributed by atoms with Crippen LogP contribution in [0.5, 0.6) is 0 Å². The lowest BCUT2D eigenvalue weighted by Crippen LogP contribution is -2.13. The van der Waals surface area contributed by atoms with E-state index in [4.69, 9.17) is 0 Å². The molecule has 0 aromatic carbocycles. The highest BCUT2D eigenvalue weighted by molar-refractivity contribution is 5.96. The molecule has 0 amide bonds. The lowest BCUT2D eigenvalue weighted by atomic mass is 9.90. The van der Waals surface area contributed by atoms with Crippen LogP contribution in [-0.4, -0.2) is 10.9 Å². The molecule has 0 radical (unpaired) electrons. The molecule has 0 aliphatic heterocycles. The molecule has 0 unspecified atom stereocenters. The maximum atomic E-state index is 11.3. The van der Waals surface area contributed by atoms with Crippen LogP contribution < -0.4 is 0 Å². The molecule has 1 aliphatic rings. The van der Waals surface area contributed by atoms with Crippen LogP contribution in [0.25, 0.3) is 0 Å². The molecule has 0 atom stereocenters. The number of carbonyl (C=O) groups excluding carboxylic acids is 1. The highest BCUT2D eigenvalue weighted by Crippen LogP contribution is 2.24. The Hall–Kier alpha value is -0.790. The van der Waals surface area contributed by atoms with Crippen molar-refractivity contribution in [2.24, 2.45) is 5.92 Å². The minimum atomic E-state index is 0.0852. The zero-order valence-corrected chi connectivity index (χ0v) is 7.76. The number of ketones is 1. The maximum Gasteiger partial charge on any atom is 0.162 e. The van der Waals surface area contributed by atoms with Crippen molar-refractivity contribution in [3.05, 3.63) is 11.3 Å². The zero-order valence-electron chi connectivity index (χ0n) is 7.76. The van der Waals surface area contributed by atoms with Gasteiger partial charge in [-0.2, -0.15) is 0 Å². The molecular weight excluding hydrogens is 152 g/mol. The molecule has 12 heavy (non-hydrogen) atoms. The van der Waals surface area contributed by atoms with E-state index in [9.17, 15) is 9.90 Å². The molecule has 1 rings (SSSR count). The quantitative estimate of drug-likeness (QED) is 0.482. The molecule has 0 bridgehead atoms. The van der Waals surface area contributed by atoms with E-state index >= 15 is 0 Å². The summed E-state index contributed by atoms with van der Waals surface area (Å²) in [5.41, 5.74) is 0.677. The maximum absolute atomic E-state index is 11.3. The van der Waals surface area contributed by atoms with E-state index in [-0.39, 0.29) is 11.7 Å².